The molecule has 3 heterocycles. The lowest BCUT2D eigenvalue weighted by Gasteiger charge is -2.48. The first kappa shape index (κ1) is 28.9. The molecule has 1 aromatic carbocycles. The lowest BCUT2D eigenvalue weighted by molar-refractivity contribution is -0.365. The number of aliphatic hydroxyl groups excluding tert-OH is 5. The minimum absolute atomic E-state index is 0.0357. The molecule has 5 rings (SSSR count). The number of fused-ring (bicyclic) bond motifs is 2. The van der Waals surface area contributed by atoms with E-state index in [4.69, 9.17) is 24.0 Å². The fourth-order valence-electron chi connectivity index (χ4n) is 6.31. The Bertz CT molecular complexity index is 1280. The molecule has 1 saturated carbocycles. The van der Waals surface area contributed by atoms with Gasteiger partial charge in [-0.05, 0) is 56.1 Å². The molecule has 12 nitrogen and oxygen atoms in total. The Kier molecular flexibility index (Phi) is 8.48. The second kappa shape index (κ2) is 11.7. The minimum Gasteiger partial charge on any atom is -0.484 e. The van der Waals surface area contributed by atoms with Crippen molar-refractivity contribution in [2.45, 2.75) is 81.6 Å². The van der Waals surface area contributed by atoms with Crippen molar-refractivity contribution in [2.24, 2.45) is 11.8 Å². The van der Waals surface area contributed by atoms with Gasteiger partial charge in [-0.2, -0.15) is 0 Å². The molecule has 0 bridgehead atoms. The Labute approximate surface area is 230 Å². The molecule has 2 fully saturated rings. The van der Waals surface area contributed by atoms with Crippen molar-refractivity contribution < 1.29 is 49.3 Å². The second-order valence-electron chi connectivity index (χ2n) is 11.3. The molecule has 3 aliphatic rings. The van der Waals surface area contributed by atoms with Crippen LogP contribution in [-0.4, -0.2) is 87.3 Å². The van der Waals surface area contributed by atoms with Gasteiger partial charge in [-0.15, -0.1) is 0 Å². The summed E-state index contributed by atoms with van der Waals surface area (Å²) in [5, 5.41) is 52.2. The zero-order chi connectivity index (χ0) is 28.6. The Hall–Kier alpha value is -2.58. The van der Waals surface area contributed by atoms with Crippen LogP contribution in [0.25, 0.3) is 11.0 Å². The first-order valence-electron chi connectivity index (χ1n) is 13.7. The van der Waals surface area contributed by atoms with Crippen LogP contribution in [0.3, 0.4) is 0 Å². The fraction of sp³-hybridized carbons (Fsp3) is 0.643. The molecular formula is C28H37NO11. The van der Waals surface area contributed by atoms with E-state index in [2.05, 4.69) is 5.32 Å². The standard InChI is InChI=1S/C28H37NO11/c1-14-5-19(31)18-6-16-7-24(40-37-13-21(33)27(36)26(35)20(32)12-30)28(39-22(16)9-23(18)38-14)4-2-3-15(10-28)17-8-25(34)29-11-17/h5-6,9,15,17,20-21,24,26-27,30,32-33,35-36H,2-4,7-8,10-13H2,1H3,(H,29,34). The molecule has 1 aliphatic carbocycles. The van der Waals surface area contributed by atoms with E-state index in [1.54, 1.807) is 19.1 Å². The van der Waals surface area contributed by atoms with E-state index in [-0.39, 0.29) is 23.2 Å². The minimum atomic E-state index is -1.79. The van der Waals surface area contributed by atoms with E-state index in [1.807, 2.05) is 0 Å². The molecule has 1 saturated heterocycles. The monoisotopic (exact) mass is 563 g/mol. The Morgan fingerprint density at radius 3 is 2.58 bits per heavy atom. The number of hydrogen-bond donors (Lipinski definition) is 6. The van der Waals surface area contributed by atoms with Crippen molar-refractivity contribution in [1.82, 2.24) is 5.32 Å². The van der Waals surface area contributed by atoms with Crippen molar-refractivity contribution in [3.8, 4) is 5.75 Å². The number of amides is 1. The lowest BCUT2D eigenvalue weighted by Crippen LogP contribution is -2.56. The second-order valence-corrected chi connectivity index (χ2v) is 11.3. The number of carbonyl (C=O) groups is 1. The molecule has 220 valence electrons. The van der Waals surface area contributed by atoms with Gasteiger partial charge in [0.05, 0.1) is 12.0 Å². The smallest absolute Gasteiger partial charge is 0.220 e. The van der Waals surface area contributed by atoms with E-state index in [9.17, 15) is 30.0 Å². The zero-order valence-corrected chi connectivity index (χ0v) is 22.3. The summed E-state index contributed by atoms with van der Waals surface area (Å²) in [6.45, 7) is 1.00. The van der Waals surface area contributed by atoms with E-state index in [0.717, 1.165) is 18.4 Å². The Morgan fingerprint density at radius 1 is 1.07 bits per heavy atom. The summed E-state index contributed by atoms with van der Waals surface area (Å²) in [6, 6.07) is 4.88. The highest BCUT2D eigenvalue weighted by molar-refractivity contribution is 5.80. The SMILES string of the molecule is Cc1cc(=O)c2cc3c(cc2o1)OC1(CCCC(C2CNC(=O)C2)C1)C(OOCC(O)C(O)C(O)C(O)CO)C3. The Balaban J connectivity index is 1.39. The number of hydrogen-bond acceptors (Lipinski definition) is 11. The van der Waals surface area contributed by atoms with Gasteiger partial charge in [0.25, 0.3) is 0 Å². The number of rotatable bonds is 9. The fourth-order valence-corrected chi connectivity index (χ4v) is 6.31. The summed E-state index contributed by atoms with van der Waals surface area (Å²) in [4.78, 5) is 35.8. The zero-order valence-electron chi connectivity index (χ0n) is 22.3. The van der Waals surface area contributed by atoms with Crippen LogP contribution < -0.4 is 15.5 Å². The van der Waals surface area contributed by atoms with Gasteiger partial charge in [0.1, 0.15) is 59.8 Å². The number of benzene rings is 1. The predicted octanol–water partition coefficient (Wildman–Crippen LogP) is -0.146. The summed E-state index contributed by atoms with van der Waals surface area (Å²) in [5.41, 5.74) is 0.153. The van der Waals surface area contributed by atoms with Gasteiger partial charge in [-0.25, -0.2) is 9.78 Å². The lowest BCUT2D eigenvalue weighted by atomic mass is 9.68. The van der Waals surface area contributed by atoms with E-state index in [0.29, 0.717) is 54.7 Å². The highest BCUT2D eigenvalue weighted by Gasteiger charge is 2.51. The van der Waals surface area contributed by atoms with Crippen molar-refractivity contribution in [3.05, 3.63) is 39.7 Å². The third-order valence-electron chi connectivity index (χ3n) is 8.55. The number of nitrogens with one attached hydrogen (secondary N) is 1. The van der Waals surface area contributed by atoms with Gasteiger partial charge in [0.15, 0.2) is 5.43 Å². The summed E-state index contributed by atoms with van der Waals surface area (Å²) < 4.78 is 12.5. The summed E-state index contributed by atoms with van der Waals surface area (Å²) in [6.07, 6.45) is -3.67. The number of aliphatic hydroxyl groups is 5. The summed E-state index contributed by atoms with van der Waals surface area (Å²) in [7, 11) is 0. The van der Waals surface area contributed by atoms with Crippen LogP contribution in [0.2, 0.25) is 0 Å². The van der Waals surface area contributed by atoms with Gasteiger partial charge < -0.3 is 40.0 Å². The predicted molar refractivity (Wildman–Crippen MR) is 139 cm³/mol. The molecular weight excluding hydrogens is 526 g/mol. The van der Waals surface area contributed by atoms with E-state index < -0.39 is 49.3 Å². The van der Waals surface area contributed by atoms with Crippen LogP contribution in [0.4, 0.5) is 0 Å². The van der Waals surface area contributed by atoms with E-state index in [1.165, 1.54) is 6.07 Å². The van der Waals surface area contributed by atoms with Gasteiger partial charge in [0, 0.05) is 31.5 Å². The van der Waals surface area contributed by atoms with Gasteiger partial charge in [-0.1, -0.05) is 0 Å². The average molecular weight is 564 g/mol. The third kappa shape index (κ3) is 5.75. The molecule has 2 aliphatic heterocycles. The van der Waals surface area contributed by atoms with Crippen LogP contribution in [0.15, 0.2) is 27.4 Å². The van der Waals surface area contributed by atoms with E-state index >= 15 is 0 Å². The van der Waals surface area contributed by atoms with Crippen LogP contribution >= 0.6 is 0 Å². The van der Waals surface area contributed by atoms with Crippen LogP contribution in [-0.2, 0) is 21.0 Å². The van der Waals surface area contributed by atoms with Crippen molar-refractivity contribution in [3.63, 3.8) is 0 Å². The molecule has 8 atom stereocenters. The van der Waals surface area contributed by atoms with Crippen LogP contribution in [0.5, 0.6) is 5.75 Å². The molecule has 12 heteroatoms. The molecule has 0 radical (unpaired) electrons. The van der Waals surface area contributed by atoms with Gasteiger partial charge >= 0.3 is 0 Å². The van der Waals surface area contributed by atoms with Gasteiger partial charge in [-0.3, -0.25) is 9.59 Å². The molecule has 2 aromatic rings. The number of aryl methyl sites for hydroxylation is 1. The molecule has 1 spiro atoms. The summed E-state index contributed by atoms with van der Waals surface area (Å²) in [5.74, 6) is 1.48. The normalized spacial score (nSPS) is 29.4. The van der Waals surface area contributed by atoms with Crippen molar-refractivity contribution in [2.75, 3.05) is 19.8 Å². The highest BCUT2D eigenvalue weighted by Crippen LogP contribution is 2.48. The average Bonchev–Trinajstić information content (AvgIpc) is 3.37. The topological polar surface area (TPSA) is 188 Å². The van der Waals surface area contributed by atoms with Gasteiger partial charge in [0.2, 0.25) is 5.91 Å². The highest BCUT2D eigenvalue weighted by atomic mass is 17.2. The first-order valence-corrected chi connectivity index (χ1v) is 13.7. The number of ether oxygens (including phenoxy) is 1. The third-order valence-corrected chi connectivity index (χ3v) is 8.55. The molecule has 1 aromatic heterocycles. The summed E-state index contributed by atoms with van der Waals surface area (Å²) >= 11 is 0. The Morgan fingerprint density at radius 2 is 1.85 bits per heavy atom. The number of carbonyl (C=O) groups excluding carboxylic acids is 1. The van der Waals surface area contributed by atoms with Crippen LogP contribution in [0.1, 0.15) is 43.4 Å². The maximum Gasteiger partial charge on any atom is 0.220 e. The maximum absolute atomic E-state index is 12.6. The molecule has 6 N–H and O–H groups in total. The molecule has 40 heavy (non-hydrogen) atoms. The quantitative estimate of drug-likeness (QED) is 0.176. The van der Waals surface area contributed by atoms with Crippen molar-refractivity contribution >= 4 is 16.9 Å². The molecule has 1 amide bonds. The van der Waals surface area contributed by atoms with Crippen molar-refractivity contribution in [1.29, 1.82) is 0 Å². The largest absolute Gasteiger partial charge is 0.484 e. The first-order chi connectivity index (χ1) is 19.1. The molecule has 8 unspecified atom stereocenters. The van der Waals surface area contributed by atoms with Crippen LogP contribution in [0, 0.1) is 18.8 Å². The maximum atomic E-state index is 12.6.